The number of nitrogens with zero attached hydrogens (tertiary/aromatic N) is 1. The molecule has 0 saturated heterocycles. The fourth-order valence-electron chi connectivity index (χ4n) is 3.87. The zero-order chi connectivity index (χ0) is 26.5. The summed E-state index contributed by atoms with van der Waals surface area (Å²) in [6.45, 7) is 10.5. The minimum absolute atomic E-state index is 0.175. The molecule has 0 aliphatic rings. The summed E-state index contributed by atoms with van der Waals surface area (Å²) in [4.78, 5) is 28.0. The van der Waals surface area contributed by atoms with Crippen LogP contribution in [0.1, 0.15) is 42.3 Å². The summed E-state index contributed by atoms with van der Waals surface area (Å²) in [7, 11) is 0. The number of anilines is 2. The summed E-state index contributed by atoms with van der Waals surface area (Å²) in [6.07, 6.45) is 0.202. The average Bonchev–Trinajstić information content (AvgIpc) is 2.92. The number of rotatable bonds is 14. The van der Waals surface area contributed by atoms with Gasteiger partial charge in [0.05, 0.1) is 30.0 Å². The standard InChI is InChI=1S/C30H37N3O4/c1-4-33(5-2)19-18-31-27-17-14-25(30(35)37-22-24-10-8-7-9-11-24)21-28(27)32-29(34)20-23-12-15-26(16-13-23)36-6-3/h7-17,21,31H,4-6,18-20,22H2,1-3H3,(H,32,34). The first kappa shape index (κ1) is 27.7. The molecule has 0 fully saturated rings. The van der Waals surface area contributed by atoms with E-state index in [1.54, 1.807) is 12.1 Å². The van der Waals surface area contributed by atoms with Gasteiger partial charge in [0.1, 0.15) is 12.4 Å². The van der Waals surface area contributed by atoms with E-state index in [9.17, 15) is 9.59 Å². The second kappa shape index (κ2) is 14.7. The largest absolute Gasteiger partial charge is 0.494 e. The number of carbonyl (C=O) groups is 2. The van der Waals surface area contributed by atoms with Crippen molar-refractivity contribution >= 4 is 23.3 Å². The van der Waals surface area contributed by atoms with Crippen LogP contribution in [-0.2, 0) is 22.6 Å². The molecule has 0 bridgehead atoms. The Morgan fingerprint density at radius 3 is 2.24 bits per heavy atom. The summed E-state index contributed by atoms with van der Waals surface area (Å²) in [5.74, 6) is 0.152. The third-order valence-corrected chi connectivity index (χ3v) is 5.98. The Balaban J connectivity index is 1.71. The van der Waals surface area contributed by atoms with Crippen molar-refractivity contribution in [3.63, 3.8) is 0 Å². The third-order valence-electron chi connectivity index (χ3n) is 5.98. The maximum absolute atomic E-state index is 12.9. The van der Waals surface area contributed by atoms with Crippen LogP contribution < -0.4 is 15.4 Å². The van der Waals surface area contributed by atoms with E-state index in [2.05, 4.69) is 29.4 Å². The lowest BCUT2D eigenvalue weighted by Gasteiger charge is -2.20. The van der Waals surface area contributed by atoms with Gasteiger partial charge in [-0.25, -0.2) is 4.79 Å². The van der Waals surface area contributed by atoms with E-state index in [4.69, 9.17) is 9.47 Å². The molecule has 0 aliphatic heterocycles. The fraction of sp³-hybridized carbons (Fsp3) is 0.333. The van der Waals surface area contributed by atoms with Crippen LogP contribution in [0.25, 0.3) is 0 Å². The summed E-state index contributed by atoms with van der Waals surface area (Å²) in [5.41, 5.74) is 3.46. The molecule has 0 spiro atoms. The molecule has 3 aromatic carbocycles. The zero-order valence-corrected chi connectivity index (χ0v) is 22.0. The molecule has 3 aromatic rings. The van der Waals surface area contributed by atoms with E-state index in [1.165, 1.54) is 0 Å². The highest BCUT2D eigenvalue weighted by Crippen LogP contribution is 2.25. The summed E-state index contributed by atoms with van der Waals surface area (Å²) >= 11 is 0. The Morgan fingerprint density at radius 1 is 0.838 bits per heavy atom. The van der Waals surface area contributed by atoms with E-state index < -0.39 is 5.97 Å². The molecule has 0 aromatic heterocycles. The van der Waals surface area contributed by atoms with Crippen LogP contribution in [0.5, 0.6) is 5.75 Å². The third kappa shape index (κ3) is 8.95. The zero-order valence-electron chi connectivity index (χ0n) is 22.0. The molecule has 0 aliphatic carbocycles. The molecule has 0 radical (unpaired) electrons. The van der Waals surface area contributed by atoms with Crippen molar-refractivity contribution in [2.24, 2.45) is 0 Å². The van der Waals surface area contributed by atoms with Crippen molar-refractivity contribution < 1.29 is 19.1 Å². The Morgan fingerprint density at radius 2 is 1.57 bits per heavy atom. The Kier molecular flexibility index (Phi) is 11.0. The van der Waals surface area contributed by atoms with Crippen LogP contribution in [0.15, 0.2) is 72.8 Å². The van der Waals surface area contributed by atoms with Crippen molar-refractivity contribution in [1.29, 1.82) is 0 Å². The Hall–Kier alpha value is -3.84. The van der Waals surface area contributed by atoms with E-state index in [0.29, 0.717) is 24.4 Å². The summed E-state index contributed by atoms with van der Waals surface area (Å²) < 4.78 is 11.0. The number of nitrogens with one attached hydrogen (secondary N) is 2. The number of hydrogen-bond donors (Lipinski definition) is 2. The molecular weight excluding hydrogens is 466 g/mol. The van der Waals surface area contributed by atoms with Crippen LogP contribution in [0.3, 0.4) is 0 Å². The van der Waals surface area contributed by atoms with Crippen LogP contribution in [-0.4, -0.2) is 49.6 Å². The highest BCUT2D eigenvalue weighted by molar-refractivity contribution is 5.98. The first-order chi connectivity index (χ1) is 18.0. The van der Waals surface area contributed by atoms with Crippen molar-refractivity contribution in [2.45, 2.75) is 33.8 Å². The lowest BCUT2D eigenvalue weighted by molar-refractivity contribution is -0.115. The molecule has 0 saturated carbocycles. The van der Waals surface area contributed by atoms with Gasteiger partial charge in [0.15, 0.2) is 0 Å². The Labute approximate surface area is 219 Å². The SMILES string of the molecule is CCOc1ccc(CC(=O)Nc2cc(C(=O)OCc3ccccc3)ccc2NCCN(CC)CC)cc1. The van der Waals surface area contributed by atoms with Crippen molar-refractivity contribution in [3.05, 3.63) is 89.5 Å². The van der Waals surface area contributed by atoms with Gasteiger partial charge in [0.25, 0.3) is 0 Å². The number of amides is 1. The van der Waals surface area contributed by atoms with Crippen LogP contribution in [0.2, 0.25) is 0 Å². The predicted molar refractivity (Wildman–Crippen MR) is 148 cm³/mol. The number of ether oxygens (including phenoxy) is 2. The van der Waals surface area contributed by atoms with Gasteiger partial charge in [-0.1, -0.05) is 56.3 Å². The normalized spacial score (nSPS) is 10.7. The summed E-state index contributed by atoms with van der Waals surface area (Å²) in [6, 6.07) is 22.2. The fourth-order valence-corrected chi connectivity index (χ4v) is 3.87. The van der Waals surface area contributed by atoms with E-state index in [-0.39, 0.29) is 18.9 Å². The highest BCUT2D eigenvalue weighted by atomic mass is 16.5. The van der Waals surface area contributed by atoms with Gasteiger partial charge in [0, 0.05) is 13.1 Å². The molecule has 7 heteroatoms. The number of likely N-dealkylation sites (N-methyl/N-ethyl adjacent to an activating group) is 1. The molecule has 0 heterocycles. The van der Waals surface area contributed by atoms with Gasteiger partial charge in [-0.2, -0.15) is 0 Å². The van der Waals surface area contributed by atoms with Crippen molar-refractivity contribution in [2.75, 3.05) is 43.4 Å². The number of esters is 1. The first-order valence-electron chi connectivity index (χ1n) is 12.8. The van der Waals surface area contributed by atoms with Crippen molar-refractivity contribution in [1.82, 2.24) is 4.90 Å². The molecular formula is C30H37N3O4. The highest BCUT2D eigenvalue weighted by Gasteiger charge is 2.14. The molecule has 196 valence electrons. The van der Waals surface area contributed by atoms with Gasteiger partial charge in [-0.05, 0) is 61.5 Å². The number of carbonyl (C=O) groups excluding carboxylic acids is 2. The van der Waals surface area contributed by atoms with E-state index in [0.717, 1.165) is 42.2 Å². The van der Waals surface area contributed by atoms with Crippen LogP contribution >= 0.6 is 0 Å². The predicted octanol–water partition coefficient (Wildman–Crippen LogP) is 5.38. The van der Waals surface area contributed by atoms with Crippen LogP contribution in [0.4, 0.5) is 11.4 Å². The average molecular weight is 504 g/mol. The molecule has 0 unspecified atom stereocenters. The number of benzene rings is 3. The van der Waals surface area contributed by atoms with Gasteiger partial charge in [-0.3, -0.25) is 4.79 Å². The second-order valence-electron chi connectivity index (χ2n) is 8.58. The minimum atomic E-state index is -0.444. The number of hydrogen-bond acceptors (Lipinski definition) is 6. The smallest absolute Gasteiger partial charge is 0.338 e. The van der Waals surface area contributed by atoms with E-state index in [1.807, 2.05) is 67.6 Å². The second-order valence-corrected chi connectivity index (χ2v) is 8.58. The molecule has 1 amide bonds. The molecule has 0 atom stereocenters. The van der Waals surface area contributed by atoms with Gasteiger partial charge < -0.3 is 25.0 Å². The Bertz CT molecular complexity index is 1130. The van der Waals surface area contributed by atoms with Gasteiger partial charge in [-0.15, -0.1) is 0 Å². The topological polar surface area (TPSA) is 79.9 Å². The van der Waals surface area contributed by atoms with Gasteiger partial charge >= 0.3 is 5.97 Å². The quantitative estimate of drug-likeness (QED) is 0.288. The lowest BCUT2D eigenvalue weighted by Crippen LogP contribution is -2.29. The van der Waals surface area contributed by atoms with Gasteiger partial charge in [0.2, 0.25) is 5.91 Å². The molecule has 37 heavy (non-hydrogen) atoms. The maximum atomic E-state index is 12.9. The molecule has 3 rings (SSSR count). The van der Waals surface area contributed by atoms with Crippen molar-refractivity contribution in [3.8, 4) is 5.75 Å². The first-order valence-corrected chi connectivity index (χ1v) is 12.8. The minimum Gasteiger partial charge on any atom is -0.494 e. The maximum Gasteiger partial charge on any atom is 0.338 e. The molecule has 7 nitrogen and oxygen atoms in total. The summed E-state index contributed by atoms with van der Waals surface area (Å²) in [5, 5.41) is 6.38. The van der Waals surface area contributed by atoms with E-state index >= 15 is 0 Å². The molecule has 2 N–H and O–H groups in total. The lowest BCUT2D eigenvalue weighted by atomic mass is 10.1. The monoisotopic (exact) mass is 503 g/mol. The van der Waals surface area contributed by atoms with Crippen LogP contribution in [0, 0.1) is 0 Å².